The lowest BCUT2D eigenvalue weighted by Gasteiger charge is -2.11. The van der Waals surface area contributed by atoms with Gasteiger partial charge < -0.3 is 4.74 Å². The first-order valence-electron chi connectivity index (χ1n) is 6.06. The van der Waals surface area contributed by atoms with Crippen LogP contribution in [0.5, 0.6) is 5.75 Å². The molecule has 0 N–H and O–H groups in total. The Hall–Kier alpha value is -2.09. The number of carbonyl (C=O) groups is 1. The van der Waals surface area contributed by atoms with E-state index in [2.05, 4.69) is 0 Å². The summed E-state index contributed by atoms with van der Waals surface area (Å²) in [4.78, 5) is 11.8. The molecule has 0 saturated carbocycles. The number of benzene rings is 2. The SMILES string of the molecule is CC(CC(=O)Oc1ccccc1)c1ccccc1. The number of ether oxygens (including phenoxy) is 1. The van der Waals surface area contributed by atoms with Gasteiger partial charge in [0.05, 0.1) is 6.42 Å². The van der Waals surface area contributed by atoms with Gasteiger partial charge in [-0.15, -0.1) is 0 Å². The van der Waals surface area contributed by atoms with Crippen molar-refractivity contribution in [1.29, 1.82) is 0 Å². The fourth-order valence-corrected chi connectivity index (χ4v) is 1.81. The van der Waals surface area contributed by atoms with Crippen LogP contribution in [-0.4, -0.2) is 5.97 Å². The highest BCUT2D eigenvalue weighted by atomic mass is 16.5. The highest BCUT2D eigenvalue weighted by molar-refractivity contribution is 5.73. The lowest BCUT2D eigenvalue weighted by Crippen LogP contribution is -2.11. The van der Waals surface area contributed by atoms with E-state index in [4.69, 9.17) is 4.74 Å². The van der Waals surface area contributed by atoms with Gasteiger partial charge in [0.2, 0.25) is 0 Å². The van der Waals surface area contributed by atoms with Gasteiger partial charge in [0.15, 0.2) is 0 Å². The van der Waals surface area contributed by atoms with E-state index in [9.17, 15) is 4.79 Å². The molecule has 0 saturated heterocycles. The Morgan fingerprint density at radius 2 is 1.56 bits per heavy atom. The van der Waals surface area contributed by atoms with Gasteiger partial charge >= 0.3 is 5.97 Å². The second-order valence-corrected chi connectivity index (χ2v) is 4.30. The second kappa shape index (κ2) is 6.01. The minimum Gasteiger partial charge on any atom is -0.427 e. The van der Waals surface area contributed by atoms with Crippen LogP contribution in [-0.2, 0) is 4.79 Å². The largest absolute Gasteiger partial charge is 0.427 e. The zero-order valence-electron chi connectivity index (χ0n) is 10.4. The number of para-hydroxylation sites is 1. The third-order valence-corrected chi connectivity index (χ3v) is 2.82. The molecule has 0 radical (unpaired) electrons. The summed E-state index contributed by atoms with van der Waals surface area (Å²) in [7, 11) is 0. The van der Waals surface area contributed by atoms with Crippen molar-refractivity contribution < 1.29 is 9.53 Å². The predicted molar refractivity (Wildman–Crippen MR) is 71.6 cm³/mol. The summed E-state index contributed by atoms with van der Waals surface area (Å²) in [5, 5.41) is 0. The lowest BCUT2D eigenvalue weighted by atomic mass is 9.98. The maximum atomic E-state index is 11.8. The first kappa shape index (κ1) is 12.4. The molecular formula is C16H16O2. The van der Waals surface area contributed by atoms with Crippen LogP contribution < -0.4 is 4.74 Å². The Bertz CT molecular complexity index is 491. The van der Waals surface area contributed by atoms with Crippen molar-refractivity contribution in [1.82, 2.24) is 0 Å². The van der Waals surface area contributed by atoms with Gasteiger partial charge in [0.1, 0.15) is 5.75 Å². The normalized spacial score (nSPS) is 11.8. The Balaban J connectivity index is 1.92. The van der Waals surface area contributed by atoms with Gasteiger partial charge in [-0.25, -0.2) is 0 Å². The van der Waals surface area contributed by atoms with Crippen LogP contribution in [0.25, 0.3) is 0 Å². The highest BCUT2D eigenvalue weighted by Crippen LogP contribution is 2.19. The molecule has 1 unspecified atom stereocenters. The molecule has 18 heavy (non-hydrogen) atoms. The van der Waals surface area contributed by atoms with Crippen LogP contribution in [0.2, 0.25) is 0 Å². The van der Waals surface area contributed by atoms with Gasteiger partial charge in [-0.3, -0.25) is 4.79 Å². The van der Waals surface area contributed by atoms with E-state index < -0.39 is 0 Å². The molecule has 2 nitrogen and oxygen atoms in total. The quantitative estimate of drug-likeness (QED) is 0.600. The predicted octanol–water partition coefficient (Wildman–Crippen LogP) is 3.79. The third-order valence-electron chi connectivity index (χ3n) is 2.82. The highest BCUT2D eigenvalue weighted by Gasteiger charge is 2.12. The molecule has 2 aromatic rings. The molecule has 0 aliphatic carbocycles. The zero-order chi connectivity index (χ0) is 12.8. The van der Waals surface area contributed by atoms with Crippen molar-refractivity contribution in [3.63, 3.8) is 0 Å². The standard InChI is InChI=1S/C16H16O2/c1-13(14-8-4-2-5-9-14)12-16(17)18-15-10-6-3-7-11-15/h2-11,13H,12H2,1H3. The van der Waals surface area contributed by atoms with Crippen molar-refractivity contribution in [2.24, 2.45) is 0 Å². The Labute approximate surface area is 107 Å². The number of hydrogen-bond donors (Lipinski definition) is 0. The van der Waals surface area contributed by atoms with E-state index >= 15 is 0 Å². The van der Waals surface area contributed by atoms with Crippen molar-refractivity contribution in [2.45, 2.75) is 19.3 Å². The van der Waals surface area contributed by atoms with E-state index in [0.717, 1.165) is 5.56 Å². The van der Waals surface area contributed by atoms with Gasteiger partial charge in [0, 0.05) is 0 Å². The molecule has 2 heteroatoms. The summed E-state index contributed by atoms with van der Waals surface area (Å²) in [6.45, 7) is 2.03. The van der Waals surface area contributed by atoms with Gasteiger partial charge in [-0.2, -0.15) is 0 Å². The second-order valence-electron chi connectivity index (χ2n) is 4.30. The Kier molecular flexibility index (Phi) is 4.13. The van der Waals surface area contributed by atoms with Gasteiger partial charge in [-0.05, 0) is 23.6 Å². The average molecular weight is 240 g/mol. The Morgan fingerprint density at radius 1 is 1.00 bits per heavy atom. The van der Waals surface area contributed by atoms with E-state index in [1.807, 2.05) is 55.5 Å². The van der Waals surface area contributed by atoms with Crippen LogP contribution in [0.3, 0.4) is 0 Å². The minimum absolute atomic E-state index is 0.169. The van der Waals surface area contributed by atoms with E-state index in [0.29, 0.717) is 12.2 Å². The number of rotatable bonds is 4. The molecule has 1 atom stereocenters. The molecule has 0 fully saturated rings. The van der Waals surface area contributed by atoms with Crippen molar-refractivity contribution >= 4 is 5.97 Å². The molecule has 0 aliphatic heterocycles. The maximum Gasteiger partial charge on any atom is 0.311 e. The lowest BCUT2D eigenvalue weighted by molar-refractivity contribution is -0.134. The molecule has 2 aromatic carbocycles. The summed E-state index contributed by atoms with van der Waals surface area (Å²) < 4.78 is 5.27. The molecule has 0 heterocycles. The van der Waals surface area contributed by atoms with Crippen LogP contribution in [0.15, 0.2) is 60.7 Å². The van der Waals surface area contributed by atoms with Crippen LogP contribution >= 0.6 is 0 Å². The summed E-state index contributed by atoms with van der Waals surface area (Å²) in [5.41, 5.74) is 1.16. The molecule has 0 amide bonds. The molecule has 0 aliphatic rings. The maximum absolute atomic E-state index is 11.8. The number of carbonyl (C=O) groups excluding carboxylic acids is 1. The molecule has 0 aromatic heterocycles. The zero-order valence-corrected chi connectivity index (χ0v) is 10.4. The smallest absolute Gasteiger partial charge is 0.311 e. The summed E-state index contributed by atoms with van der Waals surface area (Å²) in [5.74, 6) is 0.572. The van der Waals surface area contributed by atoms with Crippen LogP contribution in [0.1, 0.15) is 24.8 Å². The number of hydrogen-bond acceptors (Lipinski definition) is 2. The summed E-state index contributed by atoms with van der Waals surface area (Å²) in [6, 6.07) is 19.1. The summed E-state index contributed by atoms with van der Waals surface area (Å²) in [6.07, 6.45) is 0.388. The first-order valence-corrected chi connectivity index (χ1v) is 6.06. The van der Waals surface area contributed by atoms with E-state index in [1.165, 1.54) is 0 Å². The van der Waals surface area contributed by atoms with E-state index in [1.54, 1.807) is 12.1 Å². The minimum atomic E-state index is -0.197. The molecule has 92 valence electrons. The fourth-order valence-electron chi connectivity index (χ4n) is 1.81. The van der Waals surface area contributed by atoms with Crippen LogP contribution in [0, 0.1) is 0 Å². The topological polar surface area (TPSA) is 26.3 Å². The van der Waals surface area contributed by atoms with E-state index in [-0.39, 0.29) is 11.9 Å². The van der Waals surface area contributed by atoms with Crippen molar-refractivity contribution in [3.05, 3.63) is 66.2 Å². The molecule has 0 spiro atoms. The monoisotopic (exact) mass is 240 g/mol. The van der Waals surface area contributed by atoms with Crippen LogP contribution in [0.4, 0.5) is 0 Å². The Morgan fingerprint density at radius 3 is 2.17 bits per heavy atom. The molecule has 2 rings (SSSR count). The third kappa shape index (κ3) is 3.45. The molecule has 0 bridgehead atoms. The number of esters is 1. The van der Waals surface area contributed by atoms with Gasteiger partial charge in [0.25, 0.3) is 0 Å². The molecular weight excluding hydrogens is 224 g/mol. The first-order chi connectivity index (χ1) is 8.75. The van der Waals surface area contributed by atoms with Crippen molar-refractivity contribution in [2.75, 3.05) is 0 Å². The van der Waals surface area contributed by atoms with Gasteiger partial charge in [-0.1, -0.05) is 55.5 Å². The summed E-state index contributed by atoms with van der Waals surface area (Å²) >= 11 is 0. The average Bonchev–Trinajstić information content (AvgIpc) is 2.40. The fraction of sp³-hybridized carbons (Fsp3) is 0.188. The van der Waals surface area contributed by atoms with Crippen molar-refractivity contribution in [3.8, 4) is 5.75 Å².